The summed E-state index contributed by atoms with van der Waals surface area (Å²) in [6, 6.07) is 10.4. The number of carbonyl (C=O) groups excluding carboxylic acids is 3. The lowest BCUT2D eigenvalue weighted by atomic mass is 10.1. The molecule has 2 amide bonds. The maximum Gasteiger partial charge on any atom is 0.341 e. The fraction of sp³-hybridized carbons (Fsp3) is 0.240. The number of hydrogen-bond donors (Lipinski definition) is 2. The highest BCUT2D eigenvalue weighted by Gasteiger charge is 2.27. The van der Waals surface area contributed by atoms with Gasteiger partial charge in [0.05, 0.1) is 31.8 Å². The summed E-state index contributed by atoms with van der Waals surface area (Å²) in [6.07, 6.45) is 0. The van der Waals surface area contributed by atoms with E-state index in [9.17, 15) is 14.4 Å². The Hall–Kier alpha value is -3.85. The maximum atomic E-state index is 13.1. The monoisotopic (exact) mass is 482 g/mol. The summed E-state index contributed by atoms with van der Waals surface area (Å²) in [5.41, 5.74) is 3.50. The van der Waals surface area contributed by atoms with Crippen LogP contribution >= 0.6 is 11.3 Å². The topological polar surface area (TPSA) is 103 Å². The third kappa shape index (κ3) is 5.04. The van der Waals surface area contributed by atoms with Crippen molar-refractivity contribution in [2.24, 2.45) is 0 Å². The predicted octanol–water partition coefficient (Wildman–Crippen LogP) is 4.98. The lowest BCUT2D eigenvalue weighted by molar-refractivity contribution is 0.0601. The molecule has 0 aliphatic heterocycles. The number of thiophene rings is 1. The Morgan fingerprint density at radius 2 is 1.53 bits per heavy atom. The minimum atomic E-state index is -0.651. The van der Waals surface area contributed by atoms with Crippen molar-refractivity contribution in [1.82, 2.24) is 0 Å². The molecule has 0 bridgehead atoms. The van der Waals surface area contributed by atoms with E-state index in [2.05, 4.69) is 10.6 Å². The van der Waals surface area contributed by atoms with Crippen molar-refractivity contribution in [2.75, 3.05) is 32.0 Å². The van der Waals surface area contributed by atoms with Crippen molar-refractivity contribution >= 4 is 39.8 Å². The Labute approximate surface area is 201 Å². The third-order valence-electron chi connectivity index (χ3n) is 5.25. The van der Waals surface area contributed by atoms with E-state index in [0.29, 0.717) is 33.2 Å². The van der Waals surface area contributed by atoms with Crippen LogP contribution < -0.4 is 20.1 Å². The molecule has 0 saturated heterocycles. The molecule has 8 nitrogen and oxygen atoms in total. The molecule has 2 aromatic carbocycles. The Morgan fingerprint density at radius 1 is 0.824 bits per heavy atom. The molecule has 0 fully saturated rings. The first-order valence-corrected chi connectivity index (χ1v) is 11.2. The summed E-state index contributed by atoms with van der Waals surface area (Å²) in [5, 5.41) is 5.83. The van der Waals surface area contributed by atoms with Gasteiger partial charge in [0.1, 0.15) is 5.00 Å². The van der Waals surface area contributed by atoms with Gasteiger partial charge in [-0.05, 0) is 56.2 Å². The standard InChI is InChI=1S/C25H26N2O6S/c1-13-7-9-17(14(2)11-13)26-23(29)21-15(3)20(25(30)33-6)24(34-21)27-22(28)16-8-10-18(31-4)19(12-16)32-5/h7-12H,1-6H3,(H,26,29)(H,27,28). The molecule has 1 heterocycles. The van der Waals surface area contributed by atoms with Crippen LogP contribution in [0.4, 0.5) is 10.7 Å². The summed E-state index contributed by atoms with van der Waals surface area (Å²) in [4.78, 5) is 38.8. The number of benzene rings is 2. The van der Waals surface area contributed by atoms with Gasteiger partial charge in [0, 0.05) is 11.3 Å². The quantitative estimate of drug-likeness (QED) is 0.461. The number of rotatable bonds is 7. The molecule has 0 saturated carbocycles. The van der Waals surface area contributed by atoms with Crippen LogP contribution in [0.1, 0.15) is 47.1 Å². The van der Waals surface area contributed by atoms with Crippen molar-refractivity contribution in [3.05, 3.63) is 69.1 Å². The Bertz CT molecular complexity index is 1260. The number of methoxy groups -OCH3 is 3. The maximum absolute atomic E-state index is 13.1. The van der Waals surface area contributed by atoms with E-state index < -0.39 is 11.9 Å². The number of nitrogens with one attached hydrogen (secondary N) is 2. The van der Waals surface area contributed by atoms with Crippen LogP contribution in [-0.2, 0) is 4.74 Å². The fourth-order valence-corrected chi connectivity index (χ4v) is 4.54. The van der Waals surface area contributed by atoms with E-state index in [1.807, 2.05) is 32.0 Å². The molecular formula is C25H26N2O6S. The molecule has 3 aromatic rings. The number of carbonyl (C=O) groups is 3. The van der Waals surface area contributed by atoms with Crippen LogP contribution in [0.5, 0.6) is 11.5 Å². The largest absolute Gasteiger partial charge is 0.493 e. The average Bonchev–Trinajstić information content (AvgIpc) is 3.15. The minimum Gasteiger partial charge on any atom is -0.493 e. The Morgan fingerprint density at radius 3 is 2.15 bits per heavy atom. The molecule has 9 heteroatoms. The van der Waals surface area contributed by atoms with Crippen LogP contribution in [0, 0.1) is 20.8 Å². The van der Waals surface area contributed by atoms with E-state index in [1.165, 1.54) is 27.4 Å². The highest BCUT2D eigenvalue weighted by atomic mass is 32.1. The van der Waals surface area contributed by atoms with E-state index in [0.717, 1.165) is 22.5 Å². The van der Waals surface area contributed by atoms with Gasteiger partial charge in [0.15, 0.2) is 11.5 Å². The summed E-state index contributed by atoms with van der Waals surface area (Å²) < 4.78 is 15.4. The van der Waals surface area contributed by atoms with E-state index in [1.54, 1.807) is 19.1 Å². The lowest BCUT2D eigenvalue weighted by Crippen LogP contribution is -2.14. The second-order valence-electron chi connectivity index (χ2n) is 7.55. The average molecular weight is 483 g/mol. The van der Waals surface area contributed by atoms with E-state index >= 15 is 0 Å². The van der Waals surface area contributed by atoms with Crippen molar-refractivity contribution in [1.29, 1.82) is 0 Å². The molecule has 0 radical (unpaired) electrons. The van der Waals surface area contributed by atoms with Gasteiger partial charge in [-0.2, -0.15) is 0 Å². The first-order valence-electron chi connectivity index (χ1n) is 10.3. The second-order valence-corrected chi connectivity index (χ2v) is 8.57. The number of amides is 2. The van der Waals surface area contributed by atoms with Gasteiger partial charge in [-0.1, -0.05) is 17.7 Å². The first kappa shape index (κ1) is 24.8. The van der Waals surface area contributed by atoms with Crippen molar-refractivity contribution in [3.8, 4) is 11.5 Å². The highest BCUT2D eigenvalue weighted by Crippen LogP contribution is 2.35. The van der Waals surface area contributed by atoms with Crippen LogP contribution in [-0.4, -0.2) is 39.1 Å². The van der Waals surface area contributed by atoms with Gasteiger partial charge < -0.3 is 24.8 Å². The summed E-state index contributed by atoms with van der Waals surface area (Å²) in [6.45, 7) is 5.52. The van der Waals surface area contributed by atoms with E-state index in [4.69, 9.17) is 14.2 Å². The minimum absolute atomic E-state index is 0.132. The van der Waals surface area contributed by atoms with Crippen LogP contribution in [0.15, 0.2) is 36.4 Å². The van der Waals surface area contributed by atoms with Crippen LogP contribution in [0.25, 0.3) is 0 Å². The number of esters is 1. The normalized spacial score (nSPS) is 10.4. The fourth-order valence-electron chi connectivity index (χ4n) is 3.45. The van der Waals surface area contributed by atoms with Gasteiger partial charge >= 0.3 is 5.97 Å². The Kier molecular flexibility index (Phi) is 7.57. The molecule has 34 heavy (non-hydrogen) atoms. The molecule has 0 unspecified atom stereocenters. The van der Waals surface area contributed by atoms with Gasteiger partial charge in [0.2, 0.25) is 0 Å². The van der Waals surface area contributed by atoms with Gasteiger partial charge in [-0.15, -0.1) is 11.3 Å². The molecule has 3 rings (SSSR count). The second kappa shape index (κ2) is 10.4. The number of aryl methyl sites for hydroxylation is 2. The molecule has 2 N–H and O–H groups in total. The molecule has 1 aromatic heterocycles. The highest BCUT2D eigenvalue weighted by molar-refractivity contribution is 7.19. The number of ether oxygens (including phenoxy) is 3. The number of anilines is 2. The smallest absolute Gasteiger partial charge is 0.341 e. The molecule has 0 atom stereocenters. The van der Waals surface area contributed by atoms with Crippen LogP contribution in [0.3, 0.4) is 0 Å². The van der Waals surface area contributed by atoms with Gasteiger partial charge in [-0.25, -0.2) is 4.79 Å². The molecule has 178 valence electrons. The zero-order chi connectivity index (χ0) is 25.0. The van der Waals surface area contributed by atoms with Crippen LogP contribution in [0.2, 0.25) is 0 Å². The molecule has 0 spiro atoms. The van der Waals surface area contributed by atoms with E-state index in [-0.39, 0.29) is 16.5 Å². The third-order valence-corrected chi connectivity index (χ3v) is 6.45. The zero-order valence-corrected chi connectivity index (χ0v) is 20.6. The SMILES string of the molecule is COC(=O)c1c(NC(=O)c2ccc(OC)c(OC)c2)sc(C(=O)Nc2ccc(C)cc2C)c1C. The zero-order valence-electron chi connectivity index (χ0n) is 19.8. The summed E-state index contributed by atoms with van der Waals surface area (Å²) in [5.74, 6) is -0.646. The number of hydrogen-bond acceptors (Lipinski definition) is 7. The first-order chi connectivity index (χ1) is 16.2. The van der Waals surface area contributed by atoms with Crippen molar-refractivity contribution in [2.45, 2.75) is 20.8 Å². The van der Waals surface area contributed by atoms with Crippen molar-refractivity contribution < 1.29 is 28.6 Å². The van der Waals surface area contributed by atoms with Crippen molar-refractivity contribution in [3.63, 3.8) is 0 Å². The Balaban J connectivity index is 1.94. The molecular weight excluding hydrogens is 456 g/mol. The molecule has 0 aliphatic carbocycles. The lowest BCUT2D eigenvalue weighted by Gasteiger charge is -2.10. The summed E-state index contributed by atoms with van der Waals surface area (Å²) >= 11 is 1.01. The van der Waals surface area contributed by atoms with Gasteiger partial charge in [0.25, 0.3) is 11.8 Å². The van der Waals surface area contributed by atoms with Gasteiger partial charge in [-0.3, -0.25) is 9.59 Å². The molecule has 0 aliphatic rings. The predicted molar refractivity (Wildman–Crippen MR) is 132 cm³/mol. The summed E-state index contributed by atoms with van der Waals surface area (Å²) in [7, 11) is 4.21.